The van der Waals surface area contributed by atoms with Crippen LogP contribution in [0.3, 0.4) is 0 Å². The van der Waals surface area contributed by atoms with Crippen LogP contribution in [0.4, 0.5) is 5.69 Å². The van der Waals surface area contributed by atoms with Gasteiger partial charge in [0.05, 0.1) is 6.61 Å². The van der Waals surface area contributed by atoms with E-state index in [0.717, 1.165) is 5.56 Å². The number of nitrogens with one attached hydrogen (secondary N) is 1. The molecule has 0 saturated heterocycles. The average molecular weight is 464 g/mol. The molecule has 0 bridgehead atoms. The SMILES string of the molecule is COCCOC(=O)C1=C(N)OC(C)=C(C(=O)OCc2ccccc2)[C@@]12C(=O)Nc1ccccc12. The van der Waals surface area contributed by atoms with Crippen molar-refractivity contribution in [3.63, 3.8) is 0 Å². The summed E-state index contributed by atoms with van der Waals surface area (Å²) in [7, 11) is 1.46. The number of esters is 2. The van der Waals surface area contributed by atoms with E-state index in [1.165, 1.54) is 14.0 Å². The van der Waals surface area contributed by atoms with Gasteiger partial charge < -0.3 is 30.0 Å². The standard InChI is InChI=1S/C25H24N2O7/c1-15-19(22(28)33-14-16-8-4-3-5-9-16)25(17-10-6-7-11-18(17)27-24(25)30)20(21(26)34-15)23(29)32-13-12-31-2/h3-11H,12-14,26H2,1-2H3,(H,27,30)/t25-/m1/s1. The van der Waals surface area contributed by atoms with Crippen molar-refractivity contribution in [3.8, 4) is 0 Å². The third kappa shape index (κ3) is 3.80. The highest BCUT2D eigenvalue weighted by atomic mass is 16.6. The lowest BCUT2D eigenvalue weighted by atomic mass is 9.67. The zero-order valence-corrected chi connectivity index (χ0v) is 18.8. The maximum atomic E-state index is 13.6. The molecule has 2 aliphatic heterocycles. The average Bonchev–Trinajstić information content (AvgIpc) is 3.10. The Hall–Kier alpha value is -4.11. The molecule has 2 heterocycles. The molecule has 1 atom stereocenters. The fourth-order valence-corrected chi connectivity index (χ4v) is 4.23. The van der Waals surface area contributed by atoms with Gasteiger partial charge in [0.1, 0.15) is 35.5 Å². The number of anilines is 1. The highest BCUT2D eigenvalue weighted by Gasteiger charge is 2.61. The van der Waals surface area contributed by atoms with Gasteiger partial charge in [-0.2, -0.15) is 0 Å². The number of amides is 1. The molecule has 0 aromatic heterocycles. The Labute approximate surface area is 196 Å². The minimum Gasteiger partial charge on any atom is -0.460 e. The van der Waals surface area contributed by atoms with Gasteiger partial charge in [0, 0.05) is 18.4 Å². The fraction of sp³-hybridized carbons (Fsp3) is 0.240. The van der Waals surface area contributed by atoms with Crippen molar-refractivity contribution in [1.29, 1.82) is 0 Å². The third-order valence-corrected chi connectivity index (χ3v) is 5.67. The molecule has 0 saturated carbocycles. The van der Waals surface area contributed by atoms with Gasteiger partial charge in [-0.05, 0) is 18.6 Å². The number of rotatable bonds is 7. The van der Waals surface area contributed by atoms with Crippen molar-refractivity contribution in [3.05, 3.63) is 88.5 Å². The molecule has 1 amide bonds. The molecule has 0 radical (unpaired) electrons. The normalized spacial score (nSPS) is 18.9. The molecule has 0 aliphatic carbocycles. The Morgan fingerprint density at radius 2 is 1.65 bits per heavy atom. The van der Waals surface area contributed by atoms with Crippen LogP contribution in [0.15, 0.2) is 77.4 Å². The lowest BCUT2D eigenvalue weighted by Gasteiger charge is -2.35. The Morgan fingerprint density at radius 3 is 2.38 bits per heavy atom. The molecular formula is C25H24N2O7. The molecule has 4 rings (SSSR count). The molecule has 9 nitrogen and oxygen atoms in total. The van der Waals surface area contributed by atoms with Gasteiger partial charge in [-0.15, -0.1) is 0 Å². The van der Waals surface area contributed by atoms with Crippen molar-refractivity contribution in [1.82, 2.24) is 0 Å². The largest absolute Gasteiger partial charge is 0.460 e. The Balaban J connectivity index is 1.82. The van der Waals surface area contributed by atoms with Crippen LogP contribution in [0.5, 0.6) is 0 Å². The number of allylic oxidation sites excluding steroid dienone is 1. The number of fused-ring (bicyclic) bond motifs is 2. The lowest BCUT2D eigenvalue weighted by Crippen LogP contribution is -2.48. The molecule has 0 fully saturated rings. The quantitative estimate of drug-likeness (QED) is 0.472. The molecule has 2 aliphatic rings. The molecular weight excluding hydrogens is 440 g/mol. The molecule has 1 spiro atoms. The topological polar surface area (TPSA) is 126 Å². The number of methoxy groups -OCH3 is 1. The fourth-order valence-electron chi connectivity index (χ4n) is 4.23. The van der Waals surface area contributed by atoms with Crippen molar-refractivity contribution < 1.29 is 33.3 Å². The van der Waals surface area contributed by atoms with E-state index in [1.54, 1.807) is 36.4 Å². The number of hydrogen-bond acceptors (Lipinski definition) is 8. The van der Waals surface area contributed by atoms with Gasteiger partial charge in [-0.25, -0.2) is 9.59 Å². The highest BCUT2D eigenvalue weighted by molar-refractivity contribution is 6.21. The highest BCUT2D eigenvalue weighted by Crippen LogP contribution is 2.52. The van der Waals surface area contributed by atoms with Gasteiger partial charge in [0.2, 0.25) is 11.8 Å². The lowest BCUT2D eigenvalue weighted by molar-refractivity contribution is -0.144. The first-order valence-corrected chi connectivity index (χ1v) is 10.6. The van der Waals surface area contributed by atoms with Crippen LogP contribution >= 0.6 is 0 Å². The second-order valence-electron chi connectivity index (χ2n) is 7.71. The van der Waals surface area contributed by atoms with Gasteiger partial charge in [-0.3, -0.25) is 4.79 Å². The second-order valence-corrected chi connectivity index (χ2v) is 7.71. The van der Waals surface area contributed by atoms with E-state index in [4.69, 9.17) is 24.7 Å². The molecule has 176 valence electrons. The Morgan fingerprint density at radius 1 is 0.971 bits per heavy atom. The maximum absolute atomic E-state index is 13.6. The first-order valence-electron chi connectivity index (χ1n) is 10.6. The van der Waals surface area contributed by atoms with E-state index >= 15 is 0 Å². The smallest absolute Gasteiger partial charge is 0.341 e. The van der Waals surface area contributed by atoms with Gasteiger partial charge in [-0.1, -0.05) is 48.5 Å². The van der Waals surface area contributed by atoms with Crippen LogP contribution in [0, 0.1) is 0 Å². The van der Waals surface area contributed by atoms with Crippen LogP contribution in [-0.2, 0) is 45.4 Å². The molecule has 34 heavy (non-hydrogen) atoms. The van der Waals surface area contributed by atoms with E-state index in [2.05, 4.69) is 5.32 Å². The Kier molecular flexibility index (Phi) is 6.38. The van der Waals surface area contributed by atoms with Gasteiger partial charge in [0.15, 0.2) is 0 Å². The number of ether oxygens (including phenoxy) is 4. The van der Waals surface area contributed by atoms with E-state index < -0.39 is 23.3 Å². The second kappa shape index (κ2) is 9.40. The minimum atomic E-state index is -1.90. The number of hydrogen-bond donors (Lipinski definition) is 2. The minimum absolute atomic E-state index is 0.0391. The monoisotopic (exact) mass is 464 g/mol. The summed E-state index contributed by atoms with van der Waals surface area (Å²) in [6.07, 6.45) is 0. The van der Waals surface area contributed by atoms with Gasteiger partial charge >= 0.3 is 11.9 Å². The van der Waals surface area contributed by atoms with Crippen LogP contribution in [0.25, 0.3) is 0 Å². The first-order chi connectivity index (χ1) is 16.4. The van der Waals surface area contributed by atoms with Crippen LogP contribution in [0.2, 0.25) is 0 Å². The predicted octanol–water partition coefficient (Wildman–Crippen LogP) is 2.28. The van der Waals surface area contributed by atoms with Crippen molar-refractivity contribution in [2.45, 2.75) is 18.9 Å². The molecule has 2 aromatic carbocycles. The van der Waals surface area contributed by atoms with E-state index in [1.807, 2.05) is 18.2 Å². The van der Waals surface area contributed by atoms with Crippen LogP contribution in [-0.4, -0.2) is 38.2 Å². The predicted molar refractivity (Wildman–Crippen MR) is 121 cm³/mol. The summed E-state index contributed by atoms with van der Waals surface area (Å²) in [6.45, 7) is 1.51. The van der Waals surface area contributed by atoms with Crippen molar-refractivity contribution >= 4 is 23.5 Å². The van der Waals surface area contributed by atoms with Crippen molar-refractivity contribution in [2.24, 2.45) is 5.73 Å². The van der Waals surface area contributed by atoms with E-state index in [9.17, 15) is 14.4 Å². The number of carbonyl (C=O) groups is 3. The zero-order valence-electron chi connectivity index (χ0n) is 18.8. The summed E-state index contributed by atoms with van der Waals surface area (Å²) in [5.74, 6) is -2.63. The van der Waals surface area contributed by atoms with Crippen LogP contribution in [0.1, 0.15) is 18.1 Å². The summed E-state index contributed by atoms with van der Waals surface area (Å²) < 4.78 is 21.4. The summed E-state index contributed by atoms with van der Waals surface area (Å²) in [5.41, 5.74) is 5.37. The number of nitrogens with two attached hydrogens (primary N) is 1. The first kappa shape index (κ1) is 23.1. The van der Waals surface area contributed by atoms with Gasteiger partial charge in [0.25, 0.3) is 0 Å². The summed E-state index contributed by atoms with van der Waals surface area (Å²) >= 11 is 0. The van der Waals surface area contributed by atoms with E-state index in [0.29, 0.717) is 11.3 Å². The van der Waals surface area contributed by atoms with E-state index in [-0.39, 0.29) is 42.6 Å². The maximum Gasteiger partial charge on any atom is 0.341 e. The molecule has 0 unspecified atom stereocenters. The number of carbonyl (C=O) groups excluding carboxylic acids is 3. The summed E-state index contributed by atoms with van der Waals surface area (Å²) in [6, 6.07) is 15.8. The Bertz CT molecular complexity index is 1200. The number of para-hydroxylation sites is 1. The molecule has 3 N–H and O–H groups in total. The molecule has 2 aromatic rings. The number of benzene rings is 2. The zero-order chi connectivity index (χ0) is 24.3. The third-order valence-electron chi connectivity index (χ3n) is 5.67. The summed E-state index contributed by atoms with van der Waals surface area (Å²) in [4.78, 5) is 40.3. The van der Waals surface area contributed by atoms with Crippen LogP contribution < -0.4 is 11.1 Å². The van der Waals surface area contributed by atoms with Crippen molar-refractivity contribution in [2.75, 3.05) is 25.6 Å². The molecule has 9 heteroatoms. The summed E-state index contributed by atoms with van der Waals surface area (Å²) in [5, 5.41) is 2.75.